The Hall–Kier alpha value is -5.85. The standard InChI is InChI=1S/C41H29N5S/c1-26-18-20-35(27(2)42-26)33-22-32(31-19-21-37-36(25-31)43-41(47-37)30-16-10-5-11-17-30)23-34(24-33)40-45-38(28-12-6-3-7-13-28)44-39(46-40)29-14-8-4-9-15-29/h3-25H,1-2H3. The predicted octanol–water partition coefficient (Wildman–Crippen LogP) is 10.5. The van der Waals surface area contributed by atoms with Gasteiger partial charge in [-0.2, -0.15) is 0 Å². The van der Waals surface area contributed by atoms with E-state index in [0.717, 1.165) is 71.1 Å². The van der Waals surface area contributed by atoms with E-state index < -0.39 is 0 Å². The van der Waals surface area contributed by atoms with E-state index in [1.54, 1.807) is 11.3 Å². The van der Waals surface area contributed by atoms with Crippen molar-refractivity contribution in [1.82, 2.24) is 24.9 Å². The average Bonchev–Trinajstić information content (AvgIpc) is 3.56. The molecule has 5 aromatic carbocycles. The summed E-state index contributed by atoms with van der Waals surface area (Å²) >= 11 is 1.71. The number of pyridine rings is 1. The number of hydrogen-bond acceptors (Lipinski definition) is 6. The third-order valence-corrected chi connectivity index (χ3v) is 9.25. The van der Waals surface area contributed by atoms with Gasteiger partial charge in [0.15, 0.2) is 17.5 Å². The highest BCUT2D eigenvalue weighted by molar-refractivity contribution is 7.21. The fraction of sp³-hybridized carbons (Fsp3) is 0.0488. The molecule has 0 unspecified atom stereocenters. The predicted molar refractivity (Wildman–Crippen MR) is 193 cm³/mol. The minimum atomic E-state index is 0.611. The summed E-state index contributed by atoms with van der Waals surface area (Å²) in [6, 6.07) is 47.8. The zero-order chi connectivity index (χ0) is 31.7. The van der Waals surface area contributed by atoms with Gasteiger partial charge in [0.05, 0.1) is 10.2 Å². The second kappa shape index (κ2) is 12.2. The van der Waals surface area contributed by atoms with Crippen LogP contribution in [-0.4, -0.2) is 24.9 Å². The van der Waals surface area contributed by atoms with Crippen molar-refractivity contribution >= 4 is 21.6 Å². The zero-order valence-corrected chi connectivity index (χ0v) is 26.7. The molecule has 8 rings (SSSR count). The maximum Gasteiger partial charge on any atom is 0.164 e. The first-order valence-electron chi connectivity index (χ1n) is 15.5. The van der Waals surface area contributed by atoms with Gasteiger partial charge in [-0.25, -0.2) is 19.9 Å². The highest BCUT2D eigenvalue weighted by Crippen LogP contribution is 2.37. The molecule has 6 heteroatoms. The van der Waals surface area contributed by atoms with Crippen LogP contribution in [0.15, 0.2) is 140 Å². The molecule has 0 fully saturated rings. The first kappa shape index (κ1) is 28.6. The Bertz CT molecular complexity index is 2310. The Morgan fingerprint density at radius 1 is 0.404 bits per heavy atom. The van der Waals surface area contributed by atoms with E-state index >= 15 is 0 Å². The van der Waals surface area contributed by atoms with Crippen molar-refractivity contribution in [2.75, 3.05) is 0 Å². The van der Waals surface area contributed by atoms with Crippen LogP contribution in [0.2, 0.25) is 0 Å². The van der Waals surface area contributed by atoms with Gasteiger partial charge in [-0.05, 0) is 66.9 Å². The third kappa shape index (κ3) is 5.83. The fourth-order valence-electron chi connectivity index (χ4n) is 5.82. The lowest BCUT2D eigenvalue weighted by atomic mass is 9.95. The summed E-state index contributed by atoms with van der Waals surface area (Å²) in [6.07, 6.45) is 0. The third-order valence-electron chi connectivity index (χ3n) is 8.17. The zero-order valence-electron chi connectivity index (χ0n) is 25.9. The van der Waals surface area contributed by atoms with Crippen LogP contribution in [0.1, 0.15) is 11.4 Å². The van der Waals surface area contributed by atoms with Gasteiger partial charge in [-0.1, -0.05) is 103 Å². The topological polar surface area (TPSA) is 64.5 Å². The van der Waals surface area contributed by atoms with E-state index in [1.165, 1.54) is 0 Å². The van der Waals surface area contributed by atoms with E-state index in [4.69, 9.17) is 24.9 Å². The maximum atomic E-state index is 5.04. The molecular weight excluding hydrogens is 595 g/mol. The van der Waals surface area contributed by atoms with Gasteiger partial charge >= 0.3 is 0 Å². The number of hydrogen-bond donors (Lipinski definition) is 0. The highest BCUT2D eigenvalue weighted by Gasteiger charge is 2.16. The Balaban J connectivity index is 1.32. The van der Waals surface area contributed by atoms with E-state index in [9.17, 15) is 0 Å². The largest absolute Gasteiger partial charge is 0.258 e. The van der Waals surface area contributed by atoms with Gasteiger partial charge in [-0.15, -0.1) is 11.3 Å². The molecule has 224 valence electrons. The summed E-state index contributed by atoms with van der Waals surface area (Å²) in [5.41, 5.74) is 11.1. The number of aryl methyl sites for hydroxylation is 2. The maximum absolute atomic E-state index is 5.04. The van der Waals surface area contributed by atoms with Gasteiger partial charge in [0.1, 0.15) is 5.01 Å². The molecule has 3 aromatic heterocycles. The molecule has 0 spiro atoms. The second-order valence-corrected chi connectivity index (χ2v) is 12.5. The molecule has 0 atom stereocenters. The van der Waals surface area contributed by atoms with E-state index in [1.807, 2.05) is 73.7 Å². The molecule has 0 saturated heterocycles. The quantitative estimate of drug-likeness (QED) is 0.184. The molecule has 0 aliphatic carbocycles. The number of thiazole rings is 1. The Morgan fingerprint density at radius 2 is 0.957 bits per heavy atom. The van der Waals surface area contributed by atoms with Crippen LogP contribution in [0.25, 0.3) is 77.2 Å². The first-order chi connectivity index (χ1) is 23.1. The fourth-order valence-corrected chi connectivity index (χ4v) is 6.77. The Morgan fingerprint density at radius 3 is 1.57 bits per heavy atom. The van der Waals surface area contributed by atoms with Crippen molar-refractivity contribution in [1.29, 1.82) is 0 Å². The van der Waals surface area contributed by atoms with Gasteiger partial charge < -0.3 is 0 Å². The van der Waals surface area contributed by atoms with Crippen LogP contribution in [0.4, 0.5) is 0 Å². The smallest absolute Gasteiger partial charge is 0.164 e. The van der Waals surface area contributed by atoms with Crippen LogP contribution in [0.3, 0.4) is 0 Å². The molecule has 47 heavy (non-hydrogen) atoms. The van der Waals surface area contributed by atoms with Gasteiger partial charge in [0.2, 0.25) is 0 Å². The van der Waals surface area contributed by atoms with Gasteiger partial charge in [0.25, 0.3) is 0 Å². The molecule has 8 aromatic rings. The van der Waals surface area contributed by atoms with Crippen molar-refractivity contribution < 1.29 is 0 Å². The van der Waals surface area contributed by atoms with Gasteiger partial charge in [0, 0.05) is 39.2 Å². The lowest BCUT2D eigenvalue weighted by Crippen LogP contribution is -2.00. The first-order valence-corrected chi connectivity index (χ1v) is 16.3. The number of nitrogens with zero attached hydrogens (tertiary/aromatic N) is 5. The average molecular weight is 624 g/mol. The van der Waals surface area contributed by atoms with Crippen LogP contribution in [0, 0.1) is 13.8 Å². The second-order valence-electron chi connectivity index (χ2n) is 11.5. The van der Waals surface area contributed by atoms with Crippen LogP contribution < -0.4 is 0 Å². The molecule has 0 bridgehead atoms. The van der Waals surface area contributed by atoms with Crippen LogP contribution in [0.5, 0.6) is 0 Å². The van der Waals surface area contributed by atoms with Crippen molar-refractivity contribution in [2.45, 2.75) is 13.8 Å². The molecule has 0 saturated carbocycles. The van der Waals surface area contributed by atoms with Crippen molar-refractivity contribution in [3.8, 4) is 67.0 Å². The summed E-state index contributed by atoms with van der Waals surface area (Å²) in [6.45, 7) is 4.08. The SMILES string of the molecule is Cc1ccc(-c2cc(-c3ccc4sc(-c5ccccc5)nc4c3)cc(-c3nc(-c4ccccc4)nc(-c4ccccc4)n3)c2)c(C)n1. The lowest BCUT2D eigenvalue weighted by Gasteiger charge is -2.13. The van der Waals surface area contributed by atoms with Crippen molar-refractivity contribution in [3.05, 3.63) is 151 Å². The minimum Gasteiger partial charge on any atom is -0.258 e. The summed E-state index contributed by atoms with van der Waals surface area (Å²) < 4.78 is 1.15. The van der Waals surface area contributed by atoms with Crippen molar-refractivity contribution in [2.24, 2.45) is 0 Å². The Kier molecular flexibility index (Phi) is 7.40. The number of aromatic nitrogens is 5. The van der Waals surface area contributed by atoms with Gasteiger partial charge in [-0.3, -0.25) is 4.98 Å². The molecule has 0 amide bonds. The molecule has 0 N–H and O–H groups in total. The summed E-state index contributed by atoms with van der Waals surface area (Å²) in [5.74, 6) is 1.87. The molecule has 5 nitrogen and oxygen atoms in total. The van der Waals surface area contributed by atoms with Crippen molar-refractivity contribution in [3.63, 3.8) is 0 Å². The normalized spacial score (nSPS) is 11.2. The number of fused-ring (bicyclic) bond motifs is 1. The minimum absolute atomic E-state index is 0.611. The molecular formula is C41H29N5S. The van der Waals surface area contributed by atoms with E-state index in [-0.39, 0.29) is 0 Å². The van der Waals surface area contributed by atoms with E-state index in [0.29, 0.717) is 17.5 Å². The lowest BCUT2D eigenvalue weighted by molar-refractivity contribution is 1.07. The summed E-state index contributed by atoms with van der Waals surface area (Å²) in [5, 5.41) is 1.01. The summed E-state index contributed by atoms with van der Waals surface area (Å²) in [7, 11) is 0. The van der Waals surface area contributed by atoms with E-state index in [2.05, 4.69) is 79.7 Å². The highest BCUT2D eigenvalue weighted by atomic mass is 32.1. The van der Waals surface area contributed by atoms with Crippen LogP contribution in [-0.2, 0) is 0 Å². The molecule has 0 aliphatic rings. The summed E-state index contributed by atoms with van der Waals surface area (Å²) in [4.78, 5) is 24.8. The number of rotatable bonds is 6. The Labute approximate surface area is 277 Å². The monoisotopic (exact) mass is 623 g/mol. The molecule has 0 aliphatic heterocycles. The number of benzene rings is 5. The van der Waals surface area contributed by atoms with Crippen LogP contribution >= 0.6 is 11.3 Å². The molecule has 3 heterocycles. The molecule has 0 radical (unpaired) electrons.